The Balaban J connectivity index is 2.67. The molecule has 0 heterocycles. The fraction of sp³-hybridized carbons (Fsp3) is 0.400. The van der Waals surface area contributed by atoms with Crippen molar-refractivity contribution in [3.8, 4) is 0 Å². The molecule has 0 saturated carbocycles. The first kappa shape index (κ1) is 10.0. The van der Waals surface area contributed by atoms with Crippen LogP contribution in [0.25, 0.3) is 0 Å². The van der Waals surface area contributed by atoms with E-state index >= 15 is 0 Å². The number of hydrogen-bond acceptors (Lipinski definition) is 2. The number of benzene rings is 1. The zero-order valence-corrected chi connectivity index (χ0v) is 9.10. The summed E-state index contributed by atoms with van der Waals surface area (Å²) in [6, 6.07) is 9.49. The maximum atomic E-state index is 3.16. The third-order valence-electron chi connectivity index (χ3n) is 1.36. The molecule has 0 nitrogen and oxygen atoms in total. The fourth-order valence-electron chi connectivity index (χ4n) is 0.929. The normalized spacial score (nSPS) is 10.2. The number of rotatable bonds is 4. The molecule has 0 fully saturated rings. The van der Waals surface area contributed by atoms with E-state index < -0.39 is 0 Å². The van der Waals surface area contributed by atoms with Crippen LogP contribution < -0.4 is 0 Å². The van der Waals surface area contributed by atoms with Crippen LogP contribution in [0.2, 0.25) is 0 Å². The van der Waals surface area contributed by atoms with Gasteiger partial charge in [-0.05, 0) is 35.8 Å². The molecule has 0 aliphatic rings. The summed E-state index contributed by atoms with van der Waals surface area (Å²) in [6.45, 7) is 4.34. The van der Waals surface area contributed by atoms with Crippen molar-refractivity contribution in [3.63, 3.8) is 0 Å². The lowest BCUT2D eigenvalue weighted by molar-refractivity contribution is 1.31. The summed E-state index contributed by atoms with van der Waals surface area (Å²) in [6.07, 6.45) is 0. The third-order valence-corrected chi connectivity index (χ3v) is 3.07. The SMILES string of the molecule is CCSc1c[c]cc(SCC)c1. The maximum Gasteiger partial charge on any atom is 0.00891 e. The van der Waals surface area contributed by atoms with E-state index in [4.69, 9.17) is 0 Å². The molecule has 0 bridgehead atoms. The quantitative estimate of drug-likeness (QED) is 0.675. The predicted molar refractivity (Wildman–Crippen MR) is 58.1 cm³/mol. The monoisotopic (exact) mass is 197 g/mol. The van der Waals surface area contributed by atoms with E-state index in [0.29, 0.717) is 0 Å². The molecule has 0 N–H and O–H groups in total. The predicted octanol–water partition coefficient (Wildman–Crippen LogP) is 3.71. The Morgan fingerprint density at radius 1 is 1.08 bits per heavy atom. The standard InChI is InChI=1S/C10H13S2/c1-3-11-9-6-5-7-10(8-9)12-4-2/h6-8H,3-4H2,1-2H3. The minimum atomic E-state index is 1.13. The average molecular weight is 197 g/mol. The summed E-state index contributed by atoms with van der Waals surface area (Å²) >= 11 is 3.74. The van der Waals surface area contributed by atoms with Gasteiger partial charge in [-0.2, -0.15) is 0 Å². The summed E-state index contributed by atoms with van der Waals surface area (Å²) in [5.74, 6) is 2.27. The lowest BCUT2D eigenvalue weighted by Crippen LogP contribution is -1.76. The molecule has 0 saturated heterocycles. The Bertz CT molecular complexity index is 212. The Kier molecular flexibility index (Phi) is 4.62. The molecule has 1 radical (unpaired) electrons. The molecule has 12 heavy (non-hydrogen) atoms. The zero-order valence-electron chi connectivity index (χ0n) is 7.46. The van der Waals surface area contributed by atoms with Crippen LogP contribution in [0.4, 0.5) is 0 Å². The van der Waals surface area contributed by atoms with Gasteiger partial charge in [-0.1, -0.05) is 13.8 Å². The zero-order chi connectivity index (χ0) is 8.81. The highest BCUT2D eigenvalue weighted by atomic mass is 32.2. The molecular formula is C10H13S2. The summed E-state index contributed by atoms with van der Waals surface area (Å²) in [5, 5.41) is 0. The van der Waals surface area contributed by atoms with Gasteiger partial charge in [-0.15, -0.1) is 23.5 Å². The fourth-order valence-corrected chi connectivity index (χ4v) is 2.39. The largest absolute Gasteiger partial charge is 0.126 e. The van der Waals surface area contributed by atoms with Crippen molar-refractivity contribution < 1.29 is 0 Å². The molecule has 0 aliphatic heterocycles. The molecule has 0 aromatic heterocycles. The summed E-state index contributed by atoms with van der Waals surface area (Å²) < 4.78 is 0. The van der Waals surface area contributed by atoms with Crippen molar-refractivity contribution in [1.29, 1.82) is 0 Å². The molecule has 0 spiro atoms. The van der Waals surface area contributed by atoms with Crippen molar-refractivity contribution >= 4 is 23.5 Å². The summed E-state index contributed by atoms with van der Waals surface area (Å²) in [4.78, 5) is 2.66. The molecule has 0 unspecified atom stereocenters. The van der Waals surface area contributed by atoms with Crippen LogP contribution in [0.5, 0.6) is 0 Å². The van der Waals surface area contributed by atoms with Crippen LogP contribution in [0.3, 0.4) is 0 Å². The first-order valence-corrected chi connectivity index (χ1v) is 6.10. The first-order chi connectivity index (χ1) is 5.86. The van der Waals surface area contributed by atoms with Gasteiger partial charge in [0.1, 0.15) is 0 Å². The van der Waals surface area contributed by atoms with E-state index in [1.165, 1.54) is 9.79 Å². The Hall–Kier alpha value is -0.0800. The van der Waals surface area contributed by atoms with Gasteiger partial charge in [0.2, 0.25) is 0 Å². The van der Waals surface area contributed by atoms with Gasteiger partial charge in [-0.3, -0.25) is 0 Å². The van der Waals surface area contributed by atoms with Gasteiger partial charge < -0.3 is 0 Å². The van der Waals surface area contributed by atoms with Crippen molar-refractivity contribution in [2.24, 2.45) is 0 Å². The second-order valence-electron chi connectivity index (χ2n) is 2.27. The highest BCUT2D eigenvalue weighted by molar-refractivity contribution is 8.00. The second-order valence-corrected chi connectivity index (χ2v) is 4.95. The molecule has 1 aromatic carbocycles. The van der Waals surface area contributed by atoms with E-state index in [2.05, 4.69) is 26.0 Å². The van der Waals surface area contributed by atoms with Crippen LogP contribution in [0, 0.1) is 6.07 Å². The van der Waals surface area contributed by atoms with Crippen LogP contribution >= 0.6 is 23.5 Å². The highest BCUT2D eigenvalue weighted by Crippen LogP contribution is 2.24. The van der Waals surface area contributed by atoms with Gasteiger partial charge >= 0.3 is 0 Å². The molecule has 1 rings (SSSR count). The van der Waals surface area contributed by atoms with Crippen LogP contribution in [0.1, 0.15) is 13.8 Å². The summed E-state index contributed by atoms with van der Waals surface area (Å²) in [7, 11) is 0. The molecule has 1 aromatic rings. The van der Waals surface area contributed by atoms with Crippen molar-refractivity contribution in [1.82, 2.24) is 0 Å². The van der Waals surface area contributed by atoms with Crippen molar-refractivity contribution in [2.75, 3.05) is 11.5 Å². The maximum absolute atomic E-state index is 3.16. The first-order valence-electron chi connectivity index (χ1n) is 4.13. The molecule has 0 atom stereocenters. The van der Waals surface area contributed by atoms with Crippen LogP contribution in [-0.2, 0) is 0 Å². The van der Waals surface area contributed by atoms with E-state index in [0.717, 1.165) is 11.5 Å². The van der Waals surface area contributed by atoms with Gasteiger partial charge in [0, 0.05) is 9.79 Å². The van der Waals surface area contributed by atoms with Gasteiger partial charge in [-0.25, -0.2) is 0 Å². The highest BCUT2D eigenvalue weighted by Gasteiger charge is 1.94. The smallest absolute Gasteiger partial charge is 0.00891 e. The number of thioether (sulfide) groups is 2. The van der Waals surface area contributed by atoms with Crippen molar-refractivity contribution in [2.45, 2.75) is 23.6 Å². The van der Waals surface area contributed by atoms with Crippen molar-refractivity contribution in [3.05, 3.63) is 24.3 Å². The lowest BCUT2D eigenvalue weighted by atomic mass is 10.4. The van der Waals surface area contributed by atoms with Crippen LogP contribution in [-0.4, -0.2) is 11.5 Å². The average Bonchev–Trinajstić information content (AvgIpc) is 2.06. The molecule has 2 heteroatoms. The molecule has 0 aliphatic carbocycles. The van der Waals surface area contributed by atoms with E-state index in [1.54, 1.807) is 0 Å². The third kappa shape index (κ3) is 3.11. The summed E-state index contributed by atoms with van der Waals surface area (Å²) in [5.41, 5.74) is 0. The molecule has 65 valence electrons. The lowest BCUT2D eigenvalue weighted by Gasteiger charge is -2.01. The Labute approximate surface area is 83.1 Å². The van der Waals surface area contributed by atoms with Gasteiger partial charge in [0.25, 0.3) is 0 Å². The minimum absolute atomic E-state index is 1.13. The van der Waals surface area contributed by atoms with E-state index in [-0.39, 0.29) is 0 Å². The van der Waals surface area contributed by atoms with E-state index in [9.17, 15) is 0 Å². The second kappa shape index (κ2) is 5.55. The number of hydrogen-bond donors (Lipinski definition) is 0. The minimum Gasteiger partial charge on any atom is -0.126 e. The Morgan fingerprint density at radius 3 is 2.00 bits per heavy atom. The van der Waals surface area contributed by atoms with Gasteiger partial charge in [0.05, 0.1) is 0 Å². The molecule has 0 amide bonds. The van der Waals surface area contributed by atoms with E-state index in [1.807, 2.05) is 35.7 Å². The van der Waals surface area contributed by atoms with Crippen LogP contribution in [0.15, 0.2) is 28.0 Å². The topological polar surface area (TPSA) is 0 Å². The Morgan fingerprint density at radius 2 is 1.58 bits per heavy atom. The van der Waals surface area contributed by atoms with Gasteiger partial charge in [0.15, 0.2) is 0 Å². The molecular weight excluding hydrogens is 184 g/mol.